The third-order valence-corrected chi connectivity index (χ3v) is 8.17. The molecule has 3 heterocycles. The zero-order valence-electron chi connectivity index (χ0n) is 22.5. The van der Waals surface area contributed by atoms with E-state index in [0.29, 0.717) is 17.9 Å². The molecule has 2 N–H and O–H groups in total. The third-order valence-electron chi connectivity index (χ3n) is 8.17. The number of amides is 1. The lowest BCUT2D eigenvalue weighted by atomic mass is 9.89. The highest BCUT2D eigenvalue weighted by Gasteiger charge is 2.29. The van der Waals surface area contributed by atoms with Gasteiger partial charge in [0.15, 0.2) is 0 Å². The number of aromatic nitrogens is 3. The van der Waals surface area contributed by atoms with Crippen molar-refractivity contribution in [3.63, 3.8) is 0 Å². The van der Waals surface area contributed by atoms with Crippen molar-refractivity contribution in [1.82, 2.24) is 19.4 Å². The monoisotopic (exact) mass is 503 g/mol. The Kier molecular flexibility index (Phi) is 7.79. The number of piperidine rings is 1. The lowest BCUT2D eigenvalue weighted by Crippen LogP contribution is -2.38. The average molecular weight is 504 g/mol. The summed E-state index contributed by atoms with van der Waals surface area (Å²) >= 11 is 0. The standard InChI is InChI=1S/C30H41N5O2/c1-4-5-12-31-30-32-18-26-27(19-35(28(26)33-30)24-6-8-25(36)9-7-24)22-10-13-34(14-11-22)29(37)23-16-20(2)15-21(3)17-23/h15-19,22,24-25,36H,4-14H2,1-3H3,(H,31,32,33). The molecule has 5 rings (SSSR count). The number of aliphatic hydroxyl groups is 1. The van der Waals surface area contributed by atoms with Gasteiger partial charge < -0.3 is 19.9 Å². The van der Waals surface area contributed by atoms with Crippen molar-refractivity contribution in [3.8, 4) is 0 Å². The minimum atomic E-state index is -0.183. The van der Waals surface area contributed by atoms with Crippen LogP contribution in [-0.2, 0) is 0 Å². The lowest BCUT2D eigenvalue weighted by molar-refractivity contribution is 0.0713. The minimum Gasteiger partial charge on any atom is -0.393 e. The van der Waals surface area contributed by atoms with E-state index in [1.165, 1.54) is 5.56 Å². The van der Waals surface area contributed by atoms with E-state index in [1.807, 2.05) is 37.1 Å². The molecule has 0 unspecified atom stereocenters. The zero-order valence-corrected chi connectivity index (χ0v) is 22.5. The number of carbonyl (C=O) groups is 1. The van der Waals surface area contributed by atoms with Gasteiger partial charge in [-0.1, -0.05) is 30.5 Å². The van der Waals surface area contributed by atoms with Crippen LogP contribution in [0.3, 0.4) is 0 Å². The Balaban J connectivity index is 1.37. The summed E-state index contributed by atoms with van der Waals surface area (Å²) in [6, 6.07) is 6.46. The van der Waals surface area contributed by atoms with E-state index < -0.39 is 0 Å². The molecule has 1 amide bonds. The quantitative estimate of drug-likeness (QED) is 0.401. The Morgan fingerprint density at radius 2 is 1.76 bits per heavy atom. The molecule has 1 aliphatic heterocycles. The van der Waals surface area contributed by atoms with Crippen LogP contribution in [0.1, 0.15) is 97.3 Å². The molecule has 2 fully saturated rings. The summed E-state index contributed by atoms with van der Waals surface area (Å²) in [5.74, 6) is 1.21. The Hall–Kier alpha value is -2.93. The zero-order chi connectivity index (χ0) is 25.9. The third kappa shape index (κ3) is 5.66. The largest absolute Gasteiger partial charge is 0.393 e. The number of aryl methyl sites for hydroxylation is 2. The number of aliphatic hydroxyl groups excluding tert-OH is 1. The molecular formula is C30H41N5O2. The van der Waals surface area contributed by atoms with Crippen LogP contribution in [0.5, 0.6) is 0 Å². The molecule has 198 valence electrons. The number of nitrogens with one attached hydrogen (secondary N) is 1. The minimum absolute atomic E-state index is 0.138. The highest BCUT2D eigenvalue weighted by Crippen LogP contribution is 2.38. The number of benzene rings is 1. The number of hydrogen-bond donors (Lipinski definition) is 2. The van der Waals surface area contributed by atoms with Crippen LogP contribution >= 0.6 is 0 Å². The summed E-state index contributed by atoms with van der Waals surface area (Å²) in [6.07, 6.45) is 11.8. The first-order valence-electron chi connectivity index (χ1n) is 14.1. The van der Waals surface area contributed by atoms with Crippen molar-refractivity contribution in [3.05, 3.63) is 52.8 Å². The van der Waals surface area contributed by atoms with Crippen LogP contribution in [0.15, 0.2) is 30.6 Å². The molecular weight excluding hydrogens is 462 g/mol. The molecule has 3 aromatic rings. The topological polar surface area (TPSA) is 83.3 Å². The molecule has 1 aliphatic carbocycles. The van der Waals surface area contributed by atoms with Crippen molar-refractivity contribution in [1.29, 1.82) is 0 Å². The van der Waals surface area contributed by atoms with Crippen LogP contribution in [0.4, 0.5) is 5.95 Å². The number of nitrogens with zero attached hydrogens (tertiary/aromatic N) is 4. The van der Waals surface area contributed by atoms with E-state index in [4.69, 9.17) is 4.98 Å². The number of anilines is 1. The number of unbranched alkanes of at least 4 members (excludes halogenated alkanes) is 1. The van der Waals surface area contributed by atoms with Gasteiger partial charge in [0.1, 0.15) is 5.65 Å². The molecule has 7 nitrogen and oxygen atoms in total. The Morgan fingerprint density at radius 3 is 2.43 bits per heavy atom. The lowest BCUT2D eigenvalue weighted by Gasteiger charge is -2.32. The fraction of sp³-hybridized carbons (Fsp3) is 0.567. The van der Waals surface area contributed by atoms with Gasteiger partial charge in [0.2, 0.25) is 5.95 Å². The number of fused-ring (bicyclic) bond motifs is 1. The van der Waals surface area contributed by atoms with E-state index in [-0.39, 0.29) is 12.0 Å². The molecule has 0 atom stereocenters. The maximum atomic E-state index is 13.2. The van der Waals surface area contributed by atoms with E-state index in [1.54, 1.807) is 0 Å². The summed E-state index contributed by atoms with van der Waals surface area (Å²) < 4.78 is 2.36. The van der Waals surface area contributed by atoms with E-state index in [2.05, 4.69) is 34.1 Å². The van der Waals surface area contributed by atoms with Gasteiger partial charge in [-0.25, -0.2) is 4.98 Å². The number of likely N-dealkylation sites (tertiary alicyclic amines) is 1. The molecule has 2 aromatic heterocycles. The Morgan fingerprint density at radius 1 is 1.05 bits per heavy atom. The van der Waals surface area contributed by atoms with Crippen molar-refractivity contribution < 1.29 is 9.90 Å². The number of hydrogen-bond acceptors (Lipinski definition) is 5. The number of rotatable bonds is 7. The van der Waals surface area contributed by atoms with Crippen molar-refractivity contribution >= 4 is 22.9 Å². The van der Waals surface area contributed by atoms with Gasteiger partial charge in [0, 0.05) is 49.0 Å². The average Bonchev–Trinajstić information content (AvgIpc) is 3.27. The second-order valence-corrected chi connectivity index (χ2v) is 11.1. The van der Waals surface area contributed by atoms with Gasteiger partial charge >= 0.3 is 0 Å². The normalized spacial score (nSPS) is 20.9. The van der Waals surface area contributed by atoms with Crippen LogP contribution in [-0.4, -0.2) is 56.2 Å². The fourth-order valence-electron chi connectivity index (χ4n) is 6.13. The van der Waals surface area contributed by atoms with E-state index in [0.717, 1.165) is 98.7 Å². The summed E-state index contributed by atoms with van der Waals surface area (Å²) in [7, 11) is 0. The van der Waals surface area contributed by atoms with Crippen molar-refractivity contribution in [2.75, 3.05) is 25.0 Å². The fourth-order valence-corrected chi connectivity index (χ4v) is 6.13. The molecule has 0 spiro atoms. The van der Waals surface area contributed by atoms with E-state index >= 15 is 0 Å². The second kappa shape index (κ2) is 11.2. The van der Waals surface area contributed by atoms with Crippen LogP contribution in [0, 0.1) is 13.8 Å². The highest BCUT2D eigenvalue weighted by molar-refractivity contribution is 5.94. The first-order valence-corrected chi connectivity index (χ1v) is 14.1. The predicted molar refractivity (Wildman–Crippen MR) is 148 cm³/mol. The van der Waals surface area contributed by atoms with Gasteiger partial charge in [0.25, 0.3) is 5.91 Å². The smallest absolute Gasteiger partial charge is 0.253 e. The Bertz CT molecular complexity index is 1220. The molecule has 0 radical (unpaired) electrons. The molecule has 7 heteroatoms. The summed E-state index contributed by atoms with van der Waals surface area (Å²) in [4.78, 5) is 24.9. The van der Waals surface area contributed by atoms with Gasteiger partial charge in [-0.05, 0) is 82.4 Å². The maximum Gasteiger partial charge on any atom is 0.253 e. The highest BCUT2D eigenvalue weighted by atomic mass is 16.3. The van der Waals surface area contributed by atoms with Gasteiger partial charge in [-0.3, -0.25) is 4.79 Å². The molecule has 37 heavy (non-hydrogen) atoms. The second-order valence-electron chi connectivity index (χ2n) is 11.1. The molecule has 2 aliphatic rings. The molecule has 1 saturated heterocycles. The summed E-state index contributed by atoms with van der Waals surface area (Å²) in [5.41, 5.74) is 5.36. The number of carbonyl (C=O) groups excluding carboxylic acids is 1. The van der Waals surface area contributed by atoms with Gasteiger partial charge in [-0.15, -0.1) is 0 Å². The SMILES string of the molecule is CCCCNc1ncc2c(C3CCN(C(=O)c4cc(C)cc(C)c4)CC3)cn(C3CCC(O)CC3)c2n1. The Labute approximate surface area is 220 Å². The summed E-state index contributed by atoms with van der Waals surface area (Å²) in [5, 5.41) is 14.6. The van der Waals surface area contributed by atoms with Crippen LogP contribution in [0.2, 0.25) is 0 Å². The molecule has 1 saturated carbocycles. The molecule has 0 bridgehead atoms. The summed E-state index contributed by atoms with van der Waals surface area (Å²) in [6.45, 7) is 8.67. The van der Waals surface area contributed by atoms with Gasteiger partial charge in [-0.2, -0.15) is 4.98 Å². The van der Waals surface area contributed by atoms with Crippen LogP contribution < -0.4 is 5.32 Å². The maximum absolute atomic E-state index is 13.2. The first kappa shape index (κ1) is 25.7. The van der Waals surface area contributed by atoms with E-state index in [9.17, 15) is 9.90 Å². The van der Waals surface area contributed by atoms with Crippen molar-refractivity contribution in [2.24, 2.45) is 0 Å². The van der Waals surface area contributed by atoms with Crippen LogP contribution in [0.25, 0.3) is 11.0 Å². The predicted octanol–water partition coefficient (Wildman–Crippen LogP) is 5.76. The van der Waals surface area contributed by atoms with Crippen molar-refractivity contribution in [2.45, 2.75) is 90.2 Å². The first-order chi connectivity index (χ1) is 17.9. The molecule has 1 aromatic carbocycles. The van der Waals surface area contributed by atoms with Gasteiger partial charge in [0.05, 0.1) is 6.10 Å².